The maximum absolute atomic E-state index is 11.5. The van der Waals surface area contributed by atoms with Crippen molar-refractivity contribution in [3.63, 3.8) is 0 Å². The predicted molar refractivity (Wildman–Crippen MR) is 77.1 cm³/mol. The first-order chi connectivity index (χ1) is 9.32. The van der Waals surface area contributed by atoms with Crippen LogP contribution in [0.1, 0.15) is 13.8 Å². The van der Waals surface area contributed by atoms with Crippen LogP contribution in [0.5, 0.6) is 5.75 Å². The molecule has 1 aliphatic rings. The number of anilines is 1. The van der Waals surface area contributed by atoms with E-state index < -0.39 is 10.5 Å². The highest BCUT2D eigenvalue weighted by Crippen LogP contribution is 2.38. The summed E-state index contributed by atoms with van der Waals surface area (Å²) in [7, 11) is 0. The first-order valence-electron chi connectivity index (χ1n) is 5.93. The van der Waals surface area contributed by atoms with Gasteiger partial charge in [-0.25, -0.2) is 0 Å². The topological polar surface area (TPSA) is 84.7 Å². The number of ether oxygens (including phenoxy) is 1. The molecule has 0 bridgehead atoms. The number of rotatable bonds is 3. The van der Waals surface area contributed by atoms with Crippen molar-refractivity contribution < 1.29 is 14.5 Å². The summed E-state index contributed by atoms with van der Waals surface area (Å²) in [5.74, 6) is 0.266. The second-order valence-electron chi connectivity index (χ2n) is 5.03. The Balaban J connectivity index is 2.41. The summed E-state index contributed by atoms with van der Waals surface area (Å²) in [5, 5.41) is 12.6. The Kier molecular flexibility index (Phi) is 3.85. The molecule has 2 rings (SSSR count). The number of nitrogens with zero attached hydrogens (tertiary/aromatic N) is 2. The molecule has 1 aliphatic heterocycles. The van der Waals surface area contributed by atoms with Gasteiger partial charge in [-0.05, 0) is 19.9 Å². The number of hydrazine groups is 1. The summed E-state index contributed by atoms with van der Waals surface area (Å²) in [6.07, 6.45) is 0. The molecule has 0 fully saturated rings. The molecular formula is C12H14BrN3O4. The zero-order valence-corrected chi connectivity index (χ0v) is 12.6. The highest BCUT2D eigenvalue weighted by molar-refractivity contribution is 9.09. The van der Waals surface area contributed by atoms with Crippen molar-refractivity contribution in [2.24, 2.45) is 0 Å². The van der Waals surface area contributed by atoms with Crippen LogP contribution < -0.4 is 15.2 Å². The van der Waals surface area contributed by atoms with Gasteiger partial charge in [0.1, 0.15) is 17.0 Å². The van der Waals surface area contributed by atoms with Crippen LogP contribution in [0.3, 0.4) is 0 Å². The molecule has 1 amide bonds. The standard InChI is InChI=1S/C12H14BrN3O4/c1-12(2)7-15(14-11(17)6-13)9-5-8(16(18)19)3-4-10(9)20-12/h3-5H,6-7H2,1-2H3,(H,14,17). The zero-order valence-electron chi connectivity index (χ0n) is 11.1. The van der Waals surface area contributed by atoms with Crippen molar-refractivity contribution in [1.29, 1.82) is 0 Å². The van der Waals surface area contributed by atoms with Crippen LogP contribution in [0.2, 0.25) is 0 Å². The van der Waals surface area contributed by atoms with Gasteiger partial charge < -0.3 is 4.74 Å². The number of non-ortho nitro benzene ring substituents is 1. The van der Waals surface area contributed by atoms with E-state index in [1.165, 1.54) is 12.1 Å². The fourth-order valence-electron chi connectivity index (χ4n) is 1.99. The number of alkyl halides is 1. The zero-order chi connectivity index (χ0) is 14.9. The number of nitro benzene ring substituents is 1. The Morgan fingerprint density at radius 3 is 2.90 bits per heavy atom. The fourth-order valence-corrected chi connectivity index (χ4v) is 2.12. The van der Waals surface area contributed by atoms with E-state index in [2.05, 4.69) is 21.4 Å². The van der Waals surface area contributed by atoms with Crippen LogP contribution in [0, 0.1) is 10.1 Å². The molecule has 1 heterocycles. The summed E-state index contributed by atoms with van der Waals surface area (Å²) >= 11 is 3.07. The van der Waals surface area contributed by atoms with Gasteiger partial charge in [-0.2, -0.15) is 0 Å². The van der Waals surface area contributed by atoms with Crippen LogP contribution in [0.4, 0.5) is 11.4 Å². The summed E-state index contributed by atoms with van der Waals surface area (Å²) in [6.45, 7) is 4.15. The molecule has 0 atom stereocenters. The Hall–Kier alpha value is -1.83. The molecule has 0 spiro atoms. The summed E-state index contributed by atoms with van der Waals surface area (Å²) in [5.41, 5.74) is 2.61. The highest BCUT2D eigenvalue weighted by Gasteiger charge is 2.33. The Labute approximate surface area is 124 Å². The quantitative estimate of drug-likeness (QED) is 0.515. The number of hydrogen-bond acceptors (Lipinski definition) is 5. The fraction of sp³-hybridized carbons (Fsp3) is 0.417. The van der Waals surface area contributed by atoms with Gasteiger partial charge in [0.15, 0.2) is 0 Å². The van der Waals surface area contributed by atoms with E-state index >= 15 is 0 Å². The molecule has 1 N–H and O–H groups in total. The monoisotopic (exact) mass is 343 g/mol. The van der Waals surface area contributed by atoms with Crippen molar-refractivity contribution in [1.82, 2.24) is 5.43 Å². The van der Waals surface area contributed by atoms with Gasteiger partial charge in [-0.15, -0.1) is 0 Å². The molecular weight excluding hydrogens is 330 g/mol. The number of benzene rings is 1. The minimum Gasteiger partial charge on any atom is -0.484 e. The third-order valence-electron chi connectivity index (χ3n) is 2.75. The number of fused-ring (bicyclic) bond motifs is 1. The van der Waals surface area contributed by atoms with E-state index in [9.17, 15) is 14.9 Å². The van der Waals surface area contributed by atoms with Gasteiger partial charge in [0.2, 0.25) is 5.91 Å². The third kappa shape index (κ3) is 3.01. The molecule has 8 heteroatoms. The van der Waals surface area contributed by atoms with Gasteiger partial charge in [-0.3, -0.25) is 25.3 Å². The van der Waals surface area contributed by atoms with E-state index in [0.29, 0.717) is 18.0 Å². The van der Waals surface area contributed by atoms with E-state index in [4.69, 9.17) is 4.74 Å². The summed E-state index contributed by atoms with van der Waals surface area (Å²) in [4.78, 5) is 21.9. The number of carbonyl (C=O) groups is 1. The number of halogens is 1. The van der Waals surface area contributed by atoms with Crippen LogP contribution >= 0.6 is 15.9 Å². The number of hydrogen-bond donors (Lipinski definition) is 1. The smallest absolute Gasteiger partial charge is 0.271 e. The van der Waals surface area contributed by atoms with Crippen molar-refractivity contribution in [3.05, 3.63) is 28.3 Å². The first kappa shape index (κ1) is 14.6. The minimum atomic E-state index is -0.511. The van der Waals surface area contributed by atoms with Crippen LogP contribution in [0.15, 0.2) is 18.2 Å². The molecule has 108 valence electrons. The molecule has 7 nitrogen and oxygen atoms in total. The molecule has 0 radical (unpaired) electrons. The first-order valence-corrected chi connectivity index (χ1v) is 7.05. The van der Waals surface area contributed by atoms with Crippen molar-refractivity contribution in [3.8, 4) is 5.75 Å². The Morgan fingerprint density at radius 2 is 2.30 bits per heavy atom. The average Bonchev–Trinajstić information content (AvgIpc) is 2.36. The second-order valence-corrected chi connectivity index (χ2v) is 5.59. The van der Waals surface area contributed by atoms with Gasteiger partial charge in [0, 0.05) is 12.1 Å². The van der Waals surface area contributed by atoms with Gasteiger partial charge in [0.05, 0.1) is 16.8 Å². The lowest BCUT2D eigenvalue weighted by molar-refractivity contribution is -0.384. The number of amides is 1. The molecule has 0 saturated heterocycles. The molecule has 0 saturated carbocycles. The van der Waals surface area contributed by atoms with Crippen molar-refractivity contribution in [2.45, 2.75) is 19.4 Å². The largest absolute Gasteiger partial charge is 0.484 e. The van der Waals surface area contributed by atoms with Gasteiger partial charge in [0.25, 0.3) is 5.69 Å². The van der Waals surface area contributed by atoms with E-state index in [-0.39, 0.29) is 16.9 Å². The Bertz CT molecular complexity index is 562. The lowest BCUT2D eigenvalue weighted by Crippen LogP contribution is -2.54. The van der Waals surface area contributed by atoms with Crippen molar-refractivity contribution >= 4 is 33.2 Å². The average molecular weight is 344 g/mol. The molecule has 0 aromatic heterocycles. The predicted octanol–water partition coefficient (Wildman–Crippen LogP) is 2.00. The second kappa shape index (κ2) is 5.28. The normalized spacial score (nSPS) is 16.1. The summed E-state index contributed by atoms with van der Waals surface area (Å²) in [6, 6.07) is 4.31. The SMILES string of the molecule is CC1(C)CN(NC(=O)CBr)c2cc([N+](=O)[O-])ccc2O1. The molecule has 0 aliphatic carbocycles. The van der Waals surface area contributed by atoms with E-state index in [0.717, 1.165) is 0 Å². The Morgan fingerprint density at radius 1 is 1.60 bits per heavy atom. The number of carbonyl (C=O) groups excluding carboxylic acids is 1. The van der Waals surface area contributed by atoms with Gasteiger partial charge >= 0.3 is 0 Å². The molecule has 1 aromatic rings. The lowest BCUT2D eigenvalue weighted by Gasteiger charge is -2.40. The van der Waals surface area contributed by atoms with Crippen molar-refractivity contribution in [2.75, 3.05) is 16.9 Å². The minimum absolute atomic E-state index is 0.0508. The maximum atomic E-state index is 11.5. The molecule has 0 unspecified atom stereocenters. The highest BCUT2D eigenvalue weighted by atomic mass is 79.9. The molecule has 20 heavy (non-hydrogen) atoms. The van der Waals surface area contributed by atoms with Crippen LogP contribution in [0.25, 0.3) is 0 Å². The number of nitrogens with one attached hydrogen (secondary N) is 1. The lowest BCUT2D eigenvalue weighted by atomic mass is 10.1. The van der Waals surface area contributed by atoms with E-state index in [1.807, 2.05) is 13.8 Å². The summed E-state index contributed by atoms with van der Waals surface area (Å²) < 4.78 is 5.77. The van der Waals surface area contributed by atoms with E-state index in [1.54, 1.807) is 11.1 Å². The maximum Gasteiger partial charge on any atom is 0.271 e. The third-order valence-corrected chi connectivity index (χ3v) is 3.26. The van der Waals surface area contributed by atoms with Crippen LogP contribution in [-0.4, -0.2) is 28.3 Å². The molecule has 1 aromatic carbocycles. The van der Waals surface area contributed by atoms with Gasteiger partial charge in [-0.1, -0.05) is 15.9 Å². The number of nitro groups is 1. The van der Waals surface area contributed by atoms with Crippen LogP contribution in [-0.2, 0) is 4.79 Å².